The van der Waals surface area contributed by atoms with Crippen molar-refractivity contribution in [3.05, 3.63) is 28.3 Å². The van der Waals surface area contributed by atoms with Crippen LogP contribution >= 0.6 is 0 Å². The second-order valence-corrected chi connectivity index (χ2v) is 5.09. The molecule has 1 fully saturated rings. The van der Waals surface area contributed by atoms with Crippen LogP contribution in [-0.2, 0) is 4.79 Å². The Bertz CT molecular complexity index is 574. The maximum atomic E-state index is 11.7. The molecular formula is C14H18N2O5. The Labute approximate surface area is 122 Å². The third-order valence-electron chi connectivity index (χ3n) is 4.11. The summed E-state index contributed by atoms with van der Waals surface area (Å²) >= 11 is 0. The minimum Gasteiger partial charge on any atom is -0.496 e. The zero-order valence-corrected chi connectivity index (χ0v) is 12.0. The lowest BCUT2D eigenvalue weighted by Crippen LogP contribution is -2.50. The molecule has 2 rings (SSSR count). The smallest absolute Gasteiger partial charge is 0.329 e. The molecule has 1 aromatic rings. The van der Waals surface area contributed by atoms with Crippen molar-refractivity contribution in [1.82, 2.24) is 0 Å². The van der Waals surface area contributed by atoms with Crippen molar-refractivity contribution < 1.29 is 19.6 Å². The lowest BCUT2D eigenvalue weighted by molar-refractivity contribution is -0.384. The molecule has 0 aromatic heterocycles. The number of anilines is 1. The number of benzene rings is 1. The number of aliphatic carboxylic acids is 1. The summed E-state index contributed by atoms with van der Waals surface area (Å²) in [5.74, 6) is -0.547. The van der Waals surface area contributed by atoms with Crippen molar-refractivity contribution in [1.29, 1.82) is 0 Å². The summed E-state index contributed by atoms with van der Waals surface area (Å²) in [4.78, 5) is 24.0. The first-order valence-corrected chi connectivity index (χ1v) is 6.79. The van der Waals surface area contributed by atoms with E-state index >= 15 is 0 Å². The van der Waals surface area contributed by atoms with Crippen LogP contribution < -0.4 is 9.64 Å². The van der Waals surface area contributed by atoms with Gasteiger partial charge in [0.05, 0.1) is 18.1 Å². The van der Waals surface area contributed by atoms with E-state index in [1.54, 1.807) is 11.0 Å². The Morgan fingerprint density at radius 2 is 2.24 bits per heavy atom. The van der Waals surface area contributed by atoms with Crippen molar-refractivity contribution in [3.8, 4) is 5.75 Å². The molecule has 7 nitrogen and oxygen atoms in total. The number of ether oxygens (including phenoxy) is 1. The highest BCUT2D eigenvalue weighted by Gasteiger charge is 2.46. The highest BCUT2D eigenvalue weighted by Crippen LogP contribution is 2.39. The molecule has 0 bridgehead atoms. The highest BCUT2D eigenvalue weighted by atomic mass is 16.6. The number of methoxy groups -OCH3 is 1. The van der Waals surface area contributed by atoms with E-state index in [0.717, 1.165) is 6.42 Å². The summed E-state index contributed by atoms with van der Waals surface area (Å²) in [5.41, 5.74) is -0.588. The minimum absolute atomic E-state index is 0.105. The summed E-state index contributed by atoms with van der Waals surface area (Å²) in [6.45, 7) is 2.38. The van der Waals surface area contributed by atoms with Gasteiger partial charge in [0.25, 0.3) is 5.69 Å². The molecule has 1 saturated heterocycles. The average molecular weight is 294 g/mol. The maximum absolute atomic E-state index is 11.7. The minimum atomic E-state index is -1.000. The fraction of sp³-hybridized carbons (Fsp3) is 0.500. The third kappa shape index (κ3) is 2.51. The van der Waals surface area contributed by atoms with Gasteiger partial charge in [-0.05, 0) is 19.3 Å². The molecule has 1 unspecified atom stereocenters. The third-order valence-corrected chi connectivity index (χ3v) is 4.11. The lowest BCUT2D eigenvalue weighted by Gasteiger charge is -2.35. The van der Waals surface area contributed by atoms with Gasteiger partial charge in [0.15, 0.2) is 0 Å². The topological polar surface area (TPSA) is 92.9 Å². The quantitative estimate of drug-likeness (QED) is 0.662. The van der Waals surface area contributed by atoms with Gasteiger partial charge in [-0.1, -0.05) is 6.92 Å². The van der Waals surface area contributed by atoms with Gasteiger partial charge >= 0.3 is 5.97 Å². The SMILES string of the molecule is CCC1(C(=O)O)CCCN1c1cc(OC)cc([N+](=O)[O-])c1. The van der Waals surface area contributed by atoms with Crippen LogP contribution in [0.15, 0.2) is 18.2 Å². The van der Waals surface area contributed by atoms with Crippen LogP contribution in [0.3, 0.4) is 0 Å². The van der Waals surface area contributed by atoms with Gasteiger partial charge in [0.1, 0.15) is 11.3 Å². The number of nitro benzene ring substituents is 1. The summed E-state index contributed by atoms with van der Waals surface area (Å²) in [5, 5.41) is 20.6. The monoisotopic (exact) mass is 294 g/mol. The molecule has 0 amide bonds. The normalized spacial score (nSPS) is 21.3. The standard InChI is InChI=1S/C14H18N2O5/c1-3-14(13(17)18)5-4-6-15(14)10-7-11(16(19)20)9-12(8-10)21-2/h7-9H,3-6H2,1-2H3,(H,17,18). The van der Waals surface area contributed by atoms with E-state index in [0.29, 0.717) is 30.8 Å². The molecular weight excluding hydrogens is 276 g/mol. The molecule has 1 atom stereocenters. The largest absolute Gasteiger partial charge is 0.496 e. The second kappa shape index (κ2) is 5.59. The lowest BCUT2D eigenvalue weighted by atomic mass is 9.92. The van der Waals surface area contributed by atoms with Crippen LogP contribution in [-0.4, -0.2) is 35.2 Å². The van der Waals surface area contributed by atoms with E-state index in [2.05, 4.69) is 0 Å². The van der Waals surface area contributed by atoms with Gasteiger partial charge < -0.3 is 14.7 Å². The van der Waals surface area contributed by atoms with Gasteiger partial charge in [-0.25, -0.2) is 4.79 Å². The molecule has 0 spiro atoms. The Balaban J connectivity index is 2.52. The summed E-state index contributed by atoms with van der Waals surface area (Å²) in [7, 11) is 1.43. The molecule has 0 aliphatic carbocycles. The zero-order valence-electron chi connectivity index (χ0n) is 12.0. The first kappa shape index (κ1) is 15.1. The number of hydrogen-bond acceptors (Lipinski definition) is 5. The Kier molecular flexibility index (Phi) is 4.02. The van der Waals surface area contributed by atoms with E-state index in [9.17, 15) is 20.0 Å². The van der Waals surface area contributed by atoms with Crippen LogP contribution in [0.4, 0.5) is 11.4 Å². The molecule has 1 aromatic carbocycles. The molecule has 1 aliphatic rings. The van der Waals surface area contributed by atoms with E-state index in [4.69, 9.17) is 4.74 Å². The summed E-state index contributed by atoms with van der Waals surface area (Å²) < 4.78 is 5.09. The second-order valence-electron chi connectivity index (χ2n) is 5.09. The first-order chi connectivity index (χ1) is 9.94. The predicted octanol–water partition coefficient (Wildman–Crippen LogP) is 2.44. The van der Waals surface area contributed by atoms with Gasteiger partial charge in [-0.2, -0.15) is 0 Å². The first-order valence-electron chi connectivity index (χ1n) is 6.79. The summed E-state index contributed by atoms with van der Waals surface area (Å²) in [6.07, 6.45) is 1.71. The Morgan fingerprint density at radius 1 is 1.52 bits per heavy atom. The van der Waals surface area contributed by atoms with Crippen LogP contribution in [0.5, 0.6) is 5.75 Å². The van der Waals surface area contributed by atoms with Crippen LogP contribution in [0.1, 0.15) is 26.2 Å². The zero-order chi connectivity index (χ0) is 15.6. The number of rotatable bonds is 5. The number of nitrogens with zero attached hydrogens (tertiary/aromatic N) is 2. The van der Waals surface area contributed by atoms with Crippen LogP contribution in [0, 0.1) is 10.1 Å². The molecule has 0 radical (unpaired) electrons. The van der Waals surface area contributed by atoms with E-state index < -0.39 is 16.4 Å². The molecule has 0 saturated carbocycles. The van der Waals surface area contributed by atoms with Crippen molar-refractivity contribution >= 4 is 17.3 Å². The molecule has 1 aliphatic heterocycles. The van der Waals surface area contributed by atoms with Crippen LogP contribution in [0.2, 0.25) is 0 Å². The van der Waals surface area contributed by atoms with Gasteiger partial charge in [-0.15, -0.1) is 0 Å². The Hall–Kier alpha value is -2.31. The van der Waals surface area contributed by atoms with Gasteiger partial charge in [0, 0.05) is 24.4 Å². The molecule has 114 valence electrons. The molecule has 1 N–H and O–H groups in total. The molecule has 7 heteroatoms. The summed E-state index contributed by atoms with van der Waals surface area (Å²) in [6, 6.07) is 4.38. The molecule has 21 heavy (non-hydrogen) atoms. The fourth-order valence-corrected chi connectivity index (χ4v) is 2.94. The van der Waals surface area contributed by atoms with Gasteiger partial charge in [0.2, 0.25) is 0 Å². The number of non-ortho nitro benzene ring substituents is 1. The van der Waals surface area contributed by atoms with E-state index in [1.165, 1.54) is 19.2 Å². The highest BCUT2D eigenvalue weighted by molar-refractivity contribution is 5.85. The number of carboxylic acids is 1. The van der Waals surface area contributed by atoms with Crippen molar-refractivity contribution in [2.75, 3.05) is 18.6 Å². The van der Waals surface area contributed by atoms with Crippen molar-refractivity contribution in [3.63, 3.8) is 0 Å². The van der Waals surface area contributed by atoms with E-state index in [1.807, 2.05) is 6.92 Å². The predicted molar refractivity (Wildman–Crippen MR) is 76.9 cm³/mol. The van der Waals surface area contributed by atoms with Gasteiger partial charge in [-0.3, -0.25) is 10.1 Å². The number of carbonyl (C=O) groups is 1. The van der Waals surface area contributed by atoms with Crippen LogP contribution in [0.25, 0.3) is 0 Å². The molecule has 1 heterocycles. The van der Waals surface area contributed by atoms with E-state index in [-0.39, 0.29) is 5.69 Å². The Morgan fingerprint density at radius 3 is 2.76 bits per heavy atom. The number of nitro groups is 1. The number of hydrogen-bond donors (Lipinski definition) is 1. The fourth-order valence-electron chi connectivity index (χ4n) is 2.94. The average Bonchev–Trinajstić information content (AvgIpc) is 2.91. The van der Waals surface area contributed by atoms with Crippen molar-refractivity contribution in [2.24, 2.45) is 0 Å². The van der Waals surface area contributed by atoms with Crippen molar-refractivity contribution in [2.45, 2.75) is 31.7 Å². The maximum Gasteiger partial charge on any atom is 0.329 e. The number of carboxylic acid groups (broad SMARTS) is 1.